The van der Waals surface area contributed by atoms with Gasteiger partial charge < -0.3 is 5.32 Å². The van der Waals surface area contributed by atoms with Gasteiger partial charge >= 0.3 is 0 Å². The molecule has 0 aliphatic heterocycles. The molecule has 4 heteroatoms. The molecule has 0 spiro atoms. The van der Waals surface area contributed by atoms with Crippen LogP contribution in [0, 0.1) is 0 Å². The lowest BCUT2D eigenvalue weighted by molar-refractivity contribution is -0.125. The van der Waals surface area contributed by atoms with Crippen LogP contribution in [-0.2, 0) is 4.79 Å². The van der Waals surface area contributed by atoms with E-state index in [1.54, 1.807) is 11.7 Å². The third kappa shape index (κ3) is 3.62. The maximum absolute atomic E-state index is 10.8. The van der Waals surface area contributed by atoms with Crippen molar-refractivity contribution in [3.05, 3.63) is 11.8 Å². The molecule has 0 heterocycles. The zero-order valence-electron chi connectivity index (χ0n) is 6.85. The molecule has 0 atom stereocenters. The van der Waals surface area contributed by atoms with Crippen molar-refractivity contribution < 1.29 is 10.0 Å². The Kier molecular flexibility index (Phi) is 5.20. The zero-order valence-corrected chi connectivity index (χ0v) is 6.85. The highest BCUT2D eigenvalue weighted by Crippen LogP contribution is 1.97. The van der Waals surface area contributed by atoms with Crippen molar-refractivity contribution in [1.29, 1.82) is 0 Å². The summed E-state index contributed by atoms with van der Waals surface area (Å²) < 4.78 is 0. The van der Waals surface area contributed by atoms with Crippen molar-refractivity contribution in [1.82, 2.24) is 10.8 Å². The lowest BCUT2D eigenvalue weighted by atomic mass is 10.2. The number of nitrogens with one attached hydrogen (secondary N) is 2. The monoisotopic (exact) mass is 158 g/mol. The Labute approximate surface area is 66.2 Å². The molecule has 64 valence electrons. The summed E-state index contributed by atoms with van der Waals surface area (Å²) in [4.78, 5) is 10.8. The summed E-state index contributed by atoms with van der Waals surface area (Å²) in [6.45, 7) is 4.54. The molecule has 0 aliphatic rings. The zero-order chi connectivity index (χ0) is 8.69. The lowest BCUT2D eigenvalue weighted by Crippen LogP contribution is -2.22. The fourth-order valence-electron chi connectivity index (χ4n) is 0.625. The lowest BCUT2D eigenvalue weighted by Gasteiger charge is -2.01. The van der Waals surface area contributed by atoms with E-state index < -0.39 is 5.91 Å². The van der Waals surface area contributed by atoms with E-state index in [1.165, 1.54) is 0 Å². The number of hydrogen-bond donors (Lipinski definition) is 3. The number of rotatable bonds is 4. The average molecular weight is 158 g/mol. The van der Waals surface area contributed by atoms with Crippen LogP contribution in [0.4, 0.5) is 0 Å². The van der Waals surface area contributed by atoms with Crippen LogP contribution >= 0.6 is 0 Å². The first-order valence-corrected chi connectivity index (χ1v) is 3.63. The smallest absolute Gasteiger partial charge is 0.272 e. The summed E-state index contributed by atoms with van der Waals surface area (Å²) in [6, 6.07) is 0. The molecule has 3 N–H and O–H groups in total. The molecule has 0 unspecified atom stereocenters. The van der Waals surface area contributed by atoms with Gasteiger partial charge in [0, 0.05) is 18.3 Å². The Morgan fingerprint density at radius 2 is 2.18 bits per heavy atom. The largest absolute Gasteiger partial charge is 0.391 e. The maximum atomic E-state index is 10.8. The summed E-state index contributed by atoms with van der Waals surface area (Å²) in [7, 11) is 0. The molecule has 0 saturated carbocycles. The predicted molar refractivity (Wildman–Crippen MR) is 42.0 cm³/mol. The average Bonchev–Trinajstić information content (AvgIpc) is 2.05. The second-order valence-corrected chi connectivity index (χ2v) is 2.02. The van der Waals surface area contributed by atoms with Crippen molar-refractivity contribution in [2.45, 2.75) is 20.3 Å². The Hall–Kier alpha value is -1.03. The minimum absolute atomic E-state index is 0.451. The van der Waals surface area contributed by atoms with Crippen LogP contribution in [0.3, 0.4) is 0 Å². The first-order valence-electron chi connectivity index (χ1n) is 3.63. The highest BCUT2D eigenvalue weighted by atomic mass is 16.5. The number of amides is 1. The minimum Gasteiger partial charge on any atom is -0.391 e. The number of carbonyl (C=O) groups excluding carboxylic acids is 1. The number of carbonyl (C=O) groups is 1. The van der Waals surface area contributed by atoms with E-state index in [1.807, 2.05) is 13.8 Å². The third-order valence-electron chi connectivity index (χ3n) is 1.25. The van der Waals surface area contributed by atoms with Gasteiger partial charge in [-0.3, -0.25) is 10.0 Å². The standard InChI is InChI=1S/C7H14N2O2/c1-3-6(5-8-4-2)7(10)9-11/h5,8,11H,3-4H2,1-2H3,(H,9,10). The van der Waals surface area contributed by atoms with Gasteiger partial charge in [0.2, 0.25) is 0 Å². The van der Waals surface area contributed by atoms with E-state index in [0.29, 0.717) is 12.0 Å². The Morgan fingerprint density at radius 3 is 2.55 bits per heavy atom. The minimum atomic E-state index is -0.451. The van der Waals surface area contributed by atoms with Crippen LogP contribution in [0.25, 0.3) is 0 Å². The summed E-state index contributed by atoms with van der Waals surface area (Å²) in [5.41, 5.74) is 2.11. The van der Waals surface area contributed by atoms with Gasteiger partial charge in [-0.05, 0) is 13.3 Å². The molecule has 4 nitrogen and oxygen atoms in total. The molecule has 0 radical (unpaired) electrons. The molecular weight excluding hydrogens is 144 g/mol. The van der Waals surface area contributed by atoms with Gasteiger partial charge in [-0.1, -0.05) is 6.92 Å². The van der Waals surface area contributed by atoms with Gasteiger partial charge in [-0.15, -0.1) is 0 Å². The predicted octanol–water partition coefficient (Wildman–Crippen LogP) is 0.395. The molecule has 0 aromatic heterocycles. The first kappa shape index (κ1) is 9.97. The van der Waals surface area contributed by atoms with Gasteiger partial charge in [0.1, 0.15) is 0 Å². The second kappa shape index (κ2) is 5.73. The highest BCUT2D eigenvalue weighted by Gasteiger charge is 2.03. The summed E-state index contributed by atoms with van der Waals surface area (Å²) in [5.74, 6) is -0.451. The van der Waals surface area contributed by atoms with Crippen LogP contribution in [0.2, 0.25) is 0 Å². The Balaban J connectivity index is 4.03. The van der Waals surface area contributed by atoms with Crippen molar-refractivity contribution in [3.8, 4) is 0 Å². The maximum Gasteiger partial charge on any atom is 0.272 e. The highest BCUT2D eigenvalue weighted by molar-refractivity contribution is 5.92. The van der Waals surface area contributed by atoms with E-state index in [2.05, 4.69) is 5.32 Å². The third-order valence-corrected chi connectivity index (χ3v) is 1.25. The molecule has 11 heavy (non-hydrogen) atoms. The normalized spacial score (nSPS) is 11.0. The van der Waals surface area contributed by atoms with Gasteiger partial charge in [0.25, 0.3) is 5.91 Å². The van der Waals surface area contributed by atoms with Crippen molar-refractivity contribution in [3.63, 3.8) is 0 Å². The van der Waals surface area contributed by atoms with Crippen LogP contribution in [0.5, 0.6) is 0 Å². The van der Waals surface area contributed by atoms with Crippen molar-refractivity contribution in [2.75, 3.05) is 6.54 Å². The SMILES string of the molecule is CCNC=C(CC)C(=O)NO. The fraction of sp³-hybridized carbons (Fsp3) is 0.571. The number of hydrogen-bond acceptors (Lipinski definition) is 3. The molecule has 0 aromatic carbocycles. The van der Waals surface area contributed by atoms with Crippen LogP contribution in [-0.4, -0.2) is 17.7 Å². The van der Waals surface area contributed by atoms with Gasteiger partial charge in [-0.25, -0.2) is 5.48 Å². The van der Waals surface area contributed by atoms with Gasteiger partial charge in [0.15, 0.2) is 0 Å². The molecular formula is C7H14N2O2. The van der Waals surface area contributed by atoms with E-state index >= 15 is 0 Å². The van der Waals surface area contributed by atoms with Gasteiger partial charge in [0.05, 0.1) is 0 Å². The second-order valence-electron chi connectivity index (χ2n) is 2.02. The van der Waals surface area contributed by atoms with E-state index in [0.717, 1.165) is 6.54 Å². The molecule has 0 aromatic rings. The van der Waals surface area contributed by atoms with Crippen LogP contribution < -0.4 is 10.8 Å². The molecule has 0 bridgehead atoms. The van der Waals surface area contributed by atoms with Gasteiger partial charge in [-0.2, -0.15) is 0 Å². The van der Waals surface area contributed by atoms with E-state index in [9.17, 15) is 4.79 Å². The molecule has 0 aliphatic carbocycles. The Morgan fingerprint density at radius 1 is 1.55 bits per heavy atom. The molecule has 0 rings (SSSR count). The number of hydroxylamine groups is 1. The summed E-state index contributed by atoms with van der Waals surface area (Å²) in [6.07, 6.45) is 2.20. The summed E-state index contributed by atoms with van der Waals surface area (Å²) >= 11 is 0. The van der Waals surface area contributed by atoms with Crippen LogP contribution in [0.1, 0.15) is 20.3 Å². The fourth-order valence-corrected chi connectivity index (χ4v) is 0.625. The quantitative estimate of drug-likeness (QED) is 0.315. The summed E-state index contributed by atoms with van der Waals surface area (Å²) in [5, 5.41) is 11.1. The molecule has 0 fully saturated rings. The first-order chi connectivity index (χ1) is 5.26. The van der Waals surface area contributed by atoms with Crippen LogP contribution in [0.15, 0.2) is 11.8 Å². The van der Waals surface area contributed by atoms with E-state index in [4.69, 9.17) is 5.21 Å². The van der Waals surface area contributed by atoms with E-state index in [-0.39, 0.29) is 0 Å². The Bertz CT molecular complexity index is 155. The van der Waals surface area contributed by atoms with Crippen molar-refractivity contribution in [2.24, 2.45) is 0 Å². The topological polar surface area (TPSA) is 61.4 Å². The molecule has 0 saturated heterocycles. The van der Waals surface area contributed by atoms with Crippen molar-refractivity contribution >= 4 is 5.91 Å². The molecule has 1 amide bonds.